The molecule has 0 amide bonds. The van der Waals surface area contributed by atoms with Crippen molar-refractivity contribution in [2.24, 2.45) is 10.9 Å². The van der Waals surface area contributed by atoms with Crippen LogP contribution in [0.15, 0.2) is 27.6 Å². The van der Waals surface area contributed by atoms with Crippen molar-refractivity contribution in [1.29, 1.82) is 0 Å². The van der Waals surface area contributed by atoms with E-state index in [0.29, 0.717) is 24.1 Å². The summed E-state index contributed by atoms with van der Waals surface area (Å²) in [6.45, 7) is 10.4. The van der Waals surface area contributed by atoms with Crippen molar-refractivity contribution >= 4 is 16.9 Å². The van der Waals surface area contributed by atoms with Crippen LogP contribution in [-0.2, 0) is 6.54 Å². The lowest BCUT2D eigenvalue weighted by atomic mass is 10.0. The van der Waals surface area contributed by atoms with Gasteiger partial charge in [0, 0.05) is 43.7 Å². The topological polar surface area (TPSA) is 52.8 Å². The van der Waals surface area contributed by atoms with E-state index in [1.165, 1.54) is 18.7 Å². The van der Waals surface area contributed by atoms with Gasteiger partial charge in [-0.15, -0.1) is 0 Å². The Labute approximate surface area is 161 Å². The second-order valence-electron chi connectivity index (χ2n) is 7.83. The Morgan fingerprint density at radius 2 is 2.07 bits per heavy atom. The number of aryl methyl sites for hydroxylation is 1. The average molecular weight is 375 g/mol. The quantitative estimate of drug-likeness (QED) is 0.619. The molecular formula is C21H31FN4O. The number of benzene rings is 1. The first kappa shape index (κ1) is 19.7. The highest BCUT2D eigenvalue weighted by atomic mass is 19.1. The predicted octanol–water partition coefficient (Wildman–Crippen LogP) is 3.67. The summed E-state index contributed by atoms with van der Waals surface area (Å²) >= 11 is 0. The fourth-order valence-corrected chi connectivity index (χ4v) is 3.74. The van der Waals surface area contributed by atoms with Gasteiger partial charge in [0.05, 0.1) is 6.54 Å². The van der Waals surface area contributed by atoms with Crippen LogP contribution in [0.3, 0.4) is 0 Å². The number of piperidine rings is 1. The first-order chi connectivity index (χ1) is 13.0. The number of nitrogens with one attached hydrogen (secondary N) is 2. The number of guanidine groups is 1. The van der Waals surface area contributed by atoms with Crippen LogP contribution in [0.5, 0.6) is 0 Å². The summed E-state index contributed by atoms with van der Waals surface area (Å²) in [5, 5.41) is 7.68. The van der Waals surface area contributed by atoms with Gasteiger partial charge in [-0.1, -0.05) is 13.8 Å². The Morgan fingerprint density at radius 3 is 2.74 bits per heavy atom. The molecule has 1 aliphatic heterocycles. The van der Waals surface area contributed by atoms with Gasteiger partial charge in [-0.05, 0) is 43.9 Å². The molecule has 27 heavy (non-hydrogen) atoms. The molecule has 1 aromatic heterocycles. The van der Waals surface area contributed by atoms with Crippen LogP contribution < -0.4 is 10.6 Å². The third-order valence-corrected chi connectivity index (χ3v) is 5.19. The Bertz CT molecular complexity index is 791. The van der Waals surface area contributed by atoms with Crippen LogP contribution >= 0.6 is 0 Å². The van der Waals surface area contributed by atoms with Gasteiger partial charge < -0.3 is 20.0 Å². The van der Waals surface area contributed by atoms with Gasteiger partial charge in [0.25, 0.3) is 0 Å². The Morgan fingerprint density at radius 1 is 1.33 bits per heavy atom. The molecule has 2 heterocycles. The monoisotopic (exact) mass is 374 g/mol. The lowest BCUT2D eigenvalue weighted by Gasteiger charge is -2.33. The average Bonchev–Trinajstić information content (AvgIpc) is 2.95. The largest absolute Gasteiger partial charge is 0.459 e. The maximum atomic E-state index is 13.5. The van der Waals surface area contributed by atoms with Crippen molar-refractivity contribution in [3.63, 3.8) is 0 Å². The van der Waals surface area contributed by atoms with Gasteiger partial charge in [-0.25, -0.2) is 4.39 Å². The molecule has 1 saturated heterocycles. The van der Waals surface area contributed by atoms with E-state index < -0.39 is 0 Å². The molecule has 3 rings (SSSR count). The first-order valence-corrected chi connectivity index (χ1v) is 9.83. The molecule has 0 atom stereocenters. The van der Waals surface area contributed by atoms with E-state index >= 15 is 0 Å². The maximum absolute atomic E-state index is 13.5. The summed E-state index contributed by atoms with van der Waals surface area (Å²) in [5.41, 5.74) is 1.68. The zero-order valence-corrected chi connectivity index (χ0v) is 16.8. The molecule has 2 N–H and O–H groups in total. The number of rotatable bonds is 5. The van der Waals surface area contributed by atoms with Gasteiger partial charge in [-0.2, -0.15) is 0 Å². The van der Waals surface area contributed by atoms with Gasteiger partial charge in [0.15, 0.2) is 5.96 Å². The fourth-order valence-electron chi connectivity index (χ4n) is 3.74. The first-order valence-electron chi connectivity index (χ1n) is 9.83. The Balaban J connectivity index is 1.54. The van der Waals surface area contributed by atoms with Crippen molar-refractivity contribution in [3.05, 3.63) is 35.3 Å². The van der Waals surface area contributed by atoms with E-state index in [0.717, 1.165) is 48.6 Å². The van der Waals surface area contributed by atoms with Crippen molar-refractivity contribution in [2.75, 3.05) is 26.7 Å². The molecule has 6 heteroatoms. The number of furan rings is 1. The molecule has 148 valence electrons. The molecule has 0 bridgehead atoms. The molecule has 0 saturated carbocycles. The highest BCUT2D eigenvalue weighted by Gasteiger charge is 2.20. The number of fused-ring (bicyclic) bond motifs is 1. The summed E-state index contributed by atoms with van der Waals surface area (Å²) in [4.78, 5) is 6.88. The van der Waals surface area contributed by atoms with Gasteiger partial charge in [0.1, 0.15) is 17.2 Å². The summed E-state index contributed by atoms with van der Waals surface area (Å²) in [7, 11) is 1.78. The number of likely N-dealkylation sites (tertiary alicyclic amines) is 1. The van der Waals surface area contributed by atoms with Crippen LogP contribution in [0.4, 0.5) is 4.39 Å². The normalized spacial score (nSPS) is 17.0. The summed E-state index contributed by atoms with van der Waals surface area (Å²) in [6, 6.07) is 5.06. The molecule has 5 nitrogen and oxygen atoms in total. The van der Waals surface area contributed by atoms with Crippen molar-refractivity contribution in [1.82, 2.24) is 15.5 Å². The molecule has 0 aliphatic carbocycles. The van der Waals surface area contributed by atoms with E-state index in [9.17, 15) is 4.39 Å². The molecule has 1 aromatic carbocycles. The Kier molecular flexibility index (Phi) is 6.37. The zero-order chi connectivity index (χ0) is 19.4. The molecule has 1 aliphatic rings. The number of hydrogen-bond acceptors (Lipinski definition) is 3. The van der Waals surface area contributed by atoms with Crippen molar-refractivity contribution in [3.8, 4) is 0 Å². The molecule has 1 fully saturated rings. The van der Waals surface area contributed by atoms with Crippen LogP contribution in [0.25, 0.3) is 11.0 Å². The van der Waals surface area contributed by atoms with Gasteiger partial charge in [-0.3, -0.25) is 4.99 Å². The zero-order valence-electron chi connectivity index (χ0n) is 16.8. The van der Waals surface area contributed by atoms with Gasteiger partial charge >= 0.3 is 0 Å². The smallest absolute Gasteiger partial charge is 0.191 e. The minimum atomic E-state index is -0.243. The summed E-state index contributed by atoms with van der Waals surface area (Å²) in [5.74, 6) is 2.06. The van der Waals surface area contributed by atoms with Crippen LogP contribution in [0.2, 0.25) is 0 Å². The minimum absolute atomic E-state index is 0.243. The number of hydrogen-bond donors (Lipinski definition) is 2. The molecule has 0 unspecified atom stereocenters. The standard InChI is InChI=1S/C21H31FN4O/c1-14(2)13-26-9-7-17(8-10-26)25-21(23-4)24-12-20-15(3)18-11-16(22)5-6-19(18)27-20/h5-6,11,14,17H,7-10,12-13H2,1-4H3,(H2,23,24,25). The molecular weight excluding hydrogens is 343 g/mol. The van der Waals surface area contributed by atoms with Crippen LogP contribution in [0, 0.1) is 18.7 Å². The van der Waals surface area contributed by atoms with Crippen molar-refractivity contribution < 1.29 is 8.81 Å². The van der Waals surface area contributed by atoms with E-state index in [2.05, 4.69) is 34.4 Å². The van der Waals surface area contributed by atoms with Crippen molar-refractivity contribution in [2.45, 2.75) is 46.2 Å². The number of aliphatic imine (C=N–C) groups is 1. The second kappa shape index (κ2) is 8.74. The van der Waals surface area contributed by atoms with E-state index in [-0.39, 0.29) is 5.82 Å². The lowest BCUT2D eigenvalue weighted by Crippen LogP contribution is -2.49. The third kappa shape index (κ3) is 5.01. The van der Waals surface area contributed by atoms with Gasteiger partial charge in [0.2, 0.25) is 0 Å². The lowest BCUT2D eigenvalue weighted by molar-refractivity contribution is 0.187. The summed E-state index contributed by atoms with van der Waals surface area (Å²) in [6.07, 6.45) is 2.24. The molecule has 0 spiro atoms. The SMILES string of the molecule is CN=C(NCc1oc2ccc(F)cc2c1C)NC1CCN(CC(C)C)CC1. The van der Waals surface area contributed by atoms with E-state index in [1.54, 1.807) is 13.1 Å². The molecule has 2 aromatic rings. The highest BCUT2D eigenvalue weighted by molar-refractivity contribution is 5.83. The number of nitrogens with zero attached hydrogens (tertiary/aromatic N) is 2. The highest BCUT2D eigenvalue weighted by Crippen LogP contribution is 2.25. The Hall–Kier alpha value is -2.08. The number of halogens is 1. The maximum Gasteiger partial charge on any atom is 0.191 e. The third-order valence-electron chi connectivity index (χ3n) is 5.19. The second-order valence-corrected chi connectivity index (χ2v) is 7.83. The van der Waals surface area contributed by atoms with Crippen LogP contribution in [-0.4, -0.2) is 43.6 Å². The van der Waals surface area contributed by atoms with Crippen LogP contribution in [0.1, 0.15) is 38.0 Å². The summed E-state index contributed by atoms with van der Waals surface area (Å²) < 4.78 is 19.3. The van der Waals surface area contributed by atoms with E-state index in [1.807, 2.05) is 6.92 Å². The fraction of sp³-hybridized carbons (Fsp3) is 0.571. The molecule has 0 radical (unpaired) electrons. The predicted molar refractivity (Wildman–Crippen MR) is 109 cm³/mol. The van der Waals surface area contributed by atoms with E-state index in [4.69, 9.17) is 4.42 Å². The minimum Gasteiger partial charge on any atom is -0.459 e.